The summed E-state index contributed by atoms with van der Waals surface area (Å²) in [6.07, 6.45) is 2.88. The number of carboxylic acid groups (broad SMARTS) is 1. The molecule has 1 atom stereocenters. The summed E-state index contributed by atoms with van der Waals surface area (Å²) in [5.41, 5.74) is -0.0585. The standard InChI is InChI=1S/C9H10N2O3/c12-7(8(13)14)9(2-3-9)6-1-4-10-5-11-6/h1,4-5,7,12H,2-3H2,(H,13,14). The molecule has 0 amide bonds. The highest BCUT2D eigenvalue weighted by atomic mass is 16.4. The third-order valence-corrected chi connectivity index (χ3v) is 2.64. The van der Waals surface area contributed by atoms with Crippen LogP contribution in [0.25, 0.3) is 0 Å². The summed E-state index contributed by atoms with van der Waals surface area (Å²) in [6.45, 7) is 0. The predicted molar refractivity (Wildman–Crippen MR) is 46.6 cm³/mol. The molecule has 1 fully saturated rings. The zero-order valence-electron chi connectivity index (χ0n) is 7.42. The number of aliphatic hydroxyl groups excluding tert-OH is 1. The number of aromatic nitrogens is 2. The third-order valence-electron chi connectivity index (χ3n) is 2.64. The lowest BCUT2D eigenvalue weighted by molar-refractivity contribution is -0.148. The van der Waals surface area contributed by atoms with Crippen molar-refractivity contribution in [1.82, 2.24) is 9.97 Å². The number of carbonyl (C=O) groups is 1. The van der Waals surface area contributed by atoms with E-state index in [0.29, 0.717) is 18.5 Å². The van der Waals surface area contributed by atoms with Gasteiger partial charge in [-0.25, -0.2) is 14.8 Å². The molecule has 5 nitrogen and oxygen atoms in total. The molecular formula is C9H10N2O3. The van der Waals surface area contributed by atoms with Crippen LogP contribution in [0.4, 0.5) is 0 Å². The van der Waals surface area contributed by atoms with Crippen LogP contribution in [0, 0.1) is 0 Å². The SMILES string of the molecule is O=C(O)C(O)C1(c2ccncn2)CC1. The van der Waals surface area contributed by atoms with Gasteiger partial charge in [-0.2, -0.15) is 0 Å². The molecule has 1 aliphatic rings. The van der Waals surface area contributed by atoms with Crippen LogP contribution in [-0.2, 0) is 10.2 Å². The van der Waals surface area contributed by atoms with E-state index in [0.717, 1.165) is 0 Å². The first-order chi connectivity index (χ1) is 6.67. The molecule has 5 heteroatoms. The molecule has 1 aromatic heterocycles. The fraction of sp³-hybridized carbons (Fsp3) is 0.444. The number of nitrogens with zero attached hydrogens (tertiary/aromatic N) is 2. The van der Waals surface area contributed by atoms with E-state index in [-0.39, 0.29) is 0 Å². The highest BCUT2D eigenvalue weighted by Gasteiger charge is 2.54. The van der Waals surface area contributed by atoms with Gasteiger partial charge in [-0.3, -0.25) is 0 Å². The first-order valence-electron chi connectivity index (χ1n) is 4.34. The number of hydrogen-bond acceptors (Lipinski definition) is 4. The number of aliphatic hydroxyl groups is 1. The lowest BCUT2D eigenvalue weighted by Gasteiger charge is -2.17. The van der Waals surface area contributed by atoms with Crippen LogP contribution in [0.1, 0.15) is 18.5 Å². The van der Waals surface area contributed by atoms with Crippen molar-refractivity contribution in [1.29, 1.82) is 0 Å². The molecule has 1 aliphatic carbocycles. The predicted octanol–water partition coefficient (Wildman–Crippen LogP) is -0.0463. The molecule has 0 radical (unpaired) electrons. The normalized spacial score (nSPS) is 20.1. The summed E-state index contributed by atoms with van der Waals surface area (Å²) >= 11 is 0. The zero-order chi connectivity index (χ0) is 10.2. The molecule has 2 rings (SSSR count). The molecule has 0 saturated heterocycles. The second-order valence-electron chi connectivity index (χ2n) is 3.49. The number of carboxylic acids is 1. The fourth-order valence-electron chi connectivity index (χ4n) is 1.63. The smallest absolute Gasteiger partial charge is 0.333 e. The van der Waals surface area contributed by atoms with E-state index in [2.05, 4.69) is 9.97 Å². The Morgan fingerprint density at radius 1 is 1.57 bits per heavy atom. The van der Waals surface area contributed by atoms with Crippen molar-refractivity contribution in [2.75, 3.05) is 0 Å². The molecule has 2 N–H and O–H groups in total. The van der Waals surface area contributed by atoms with Crippen molar-refractivity contribution in [3.8, 4) is 0 Å². The summed E-state index contributed by atoms with van der Waals surface area (Å²) < 4.78 is 0. The van der Waals surface area contributed by atoms with Gasteiger partial charge in [0.1, 0.15) is 6.33 Å². The van der Waals surface area contributed by atoms with Crippen LogP contribution in [0.5, 0.6) is 0 Å². The topological polar surface area (TPSA) is 83.3 Å². The average Bonchev–Trinajstić information content (AvgIpc) is 2.99. The quantitative estimate of drug-likeness (QED) is 0.705. The number of hydrogen-bond donors (Lipinski definition) is 2. The van der Waals surface area contributed by atoms with E-state index in [1.54, 1.807) is 12.3 Å². The first kappa shape index (κ1) is 9.08. The van der Waals surface area contributed by atoms with Gasteiger partial charge in [-0.1, -0.05) is 0 Å². The maximum absolute atomic E-state index is 10.7. The summed E-state index contributed by atoms with van der Waals surface area (Å²) in [7, 11) is 0. The minimum Gasteiger partial charge on any atom is -0.479 e. The molecule has 0 aromatic carbocycles. The summed E-state index contributed by atoms with van der Waals surface area (Å²) in [5, 5.41) is 18.2. The minimum atomic E-state index is -1.36. The summed E-state index contributed by atoms with van der Waals surface area (Å²) in [5.74, 6) is -1.19. The van der Waals surface area contributed by atoms with Crippen molar-refractivity contribution < 1.29 is 15.0 Å². The van der Waals surface area contributed by atoms with Gasteiger partial charge >= 0.3 is 5.97 Å². The van der Waals surface area contributed by atoms with E-state index >= 15 is 0 Å². The highest BCUT2D eigenvalue weighted by Crippen LogP contribution is 2.50. The fourth-order valence-corrected chi connectivity index (χ4v) is 1.63. The Morgan fingerprint density at radius 3 is 2.71 bits per heavy atom. The number of aliphatic carboxylic acids is 1. The van der Waals surface area contributed by atoms with Crippen molar-refractivity contribution in [3.05, 3.63) is 24.3 Å². The van der Waals surface area contributed by atoms with Crippen LogP contribution < -0.4 is 0 Å². The monoisotopic (exact) mass is 194 g/mol. The van der Waals surface area contributed by atoms with Gasteiger partial charge in [0.15, 0.2) is 6.10 Å². The Labute approximate surface area is 80.4 Å². The molecule has 1 heterocycles. The van der Waals surface area contributed by atoms with Crippen LogP contribution in [0.2, 0.25) is 0 Å². The maximum Gasteiger partial charge on any atom is 0.333 e. The van der Waals surface area contributed by atoms with Gasteiger partial charge in [-0.05, 0) is 18.9 Å². The molecule has 1 saturated carbocycles. The van der Waals surface area contributed by atoms with Crippen LogP contribution in [-0.4, -0.2) is 32.3 Å². The van der Waals surface area contributed by atoms with E-state index < -0.39 is 17.5 Å². The molecule has 14 heavy (non-hydrogen) atoms. The van der Waals surface area contributed by atoms with Crippen molar-refractivity contribution >= 4 is 5.97 Å². The van der Waals surface area contributed by atoms with Gasteiger partial charge in [0.2, 0.25) is 0 Å². The van der Waals surface area contributed by atoms with Gasteiger partial charge in [-0.15, -0.1) is 0 Å². The summed E-state index contributed by atoms with van der Waals surface area (Å²) in [4.78, 5) is 18.4. The Morgan fingerprint density at radius 2 is 2.29 bits per heavy atom. The van der Waals surface area contributed by atoms with Gasteiger partial charge in [0, 0.05) is 11.6 Å². The Hall–Kier alpha value is -1.49. The molecule has 1 aromatic rings. The first-order valence-corrected chi connectivity index (χ1v) is 4.34. The Kier molecular flexibility index (Phi) is 1.96. The van der Waals surface area contributed by atoms with Crippen molar-refractivity contribution in [2.24, 2.45) is 0 Å². The van der Waals surface area contributed by atoms with Crippen molar-refractivity contribution in [2.45, 2.75) is 24.4 Å². The maximum atomic E-state index is 10.7. The minimum absolute atomic E-state index is 0.613. The third kappa shape index (κ3) is 1.26. The van der Waals surface area contributed by atoms with Gasteiger partial charge in [0.05, 0.1) is 5.69 Å². The Bertz CT molecular complexity index is 348. The number of rotatable bonds is 3. The van der Waals surface area contributed by atoms with E-state index in [1.807, 2.05) is 0 Å². The van der Waals surface area contributed by atoms with Crippen LogP contribution in [0.3, 0.4) is 0 Å². The van der Waals surface area contributed by atoms with Crippen LogP contribution in [0.15, 0.2) is 18.6 Å². The molecule has 74 valence electrons. The lowest BCUT2D eigenvalue weighted by atomic mass is 9.95. The second kappa shape index (κ2) is 3.02. The van der Waals surface area contributed by atoms with E-state index in [1.165, 1.54) is 6.33 Å². The lowest BCUT2D eigenvalue weighted by Crippen LogP contribution is -2.34. The van der Waals surface area contributed by atoms with Crippen molar-refractivity contribution in [3.63, 3.8) is 0 Å². The highest BCUT2D eigenvalue weighted by molar-refractivity contribution is 5.75. The van der Waals surface area contributed by atoms with Crippen LogP contribution >= 0.6 is 0 Å². The largest absolute Gasteiger partial charge is 0.479 e. The second-order valence-corrected chi connectivity index (χ2v) is 3.49. The molecule has 0 spiro atoms. The van der Waals surface area contributed by atoms with E-state index in [4.69, 9.17) is 5.11 Å². The average molecular weight is 194 g/mol. The molecule has 0 aliphatic heterocycles. The summed E-state index contributed by atoms with van der Waals surface area (Å²) in [6, 6.07) is 1.65. The molecular weight excluding hydrogens is 184 g/mol. The zero-order valence-corrected chi connectivity index (χ0v) is 7.42. The Balaban J connectivity index is 2.30. The molecule has 0 bridgehead atoms. The molecule has 1 unspecified atom stereocenters. The van der Waals surface area contributed by atoms with Gasteiger partial charge in [0.25, 0.3) is 0 Å². The van der Waals surface area contributed by atoms with Gasteiger partial charge < -0.3 is 10.2 Å². The van der Waals surface area contributed by atoms with E-state index in [9.17, 15) is 9.90 Å².